The van der Waals surface area contributed by atoms with E-state index in [-0.39, 0.29) is 5.91 Å². The fourth-order valence-corrected chi connectivity index (χ4v) is 2.08. The Hall–Kier alpha value is -0.300. The second kappa shape index (κ2) is 10.8. The van der Waals surface area contributed by atoms with Gasteiger partial charge in [-0.05, 0) is 31.7 Å². The molecule has 0 aliphatic rings. The van der Waals surface area contributed by atoms with Crippen LogP contribution >= 0.6 is 11.8 Å². The van der Waals surface area contributed by atoms with Crippen molar-refractivity contribution in [2.24, 2.45) is 17.2 Å². The van der Waals surface area contributed by atoms with Crippen molar-refractivity contribution in [3.05, 3.63) is 0 Å². The molecular weight excluding hydrogens is 236 g/mol. The predicted molar refractivity (Wildman–Crippen MR) is 74.9 cm³/mol. The molecule has 1 amide bonds. The van der Waals surface area contributed by atoms with E-state index < -0.39 is 6.04 Å². The lowest BCUT2D eigenvalue weighted by Crippen LogP contribution is -2.46. The van der Waals surface area contributed by atoms with E-state index in [1.54, 1.807) is 16.7 Å². The van der Waals surface area contributed by atoms with Crippen molar-refractivity contribution in [3.63, 3.8) is 0 Å². The van der Waals surface area contributed by atoms with Gasteiger partial charge in [0.05, 0.1) is 6.04 Å². The summed E-state index contributed by atoms with van der Waals surface area (Å²) in [4.78, 5) is 13.9. The van der Waals surface area contributed by atoms with Crippen molar-refractivity contribution >= 4 is 17.7 Å². The van der Waals surface area contributed by atoms with Crippen molar-refractivity contribution < 1.29 is 4.79 Å². The van der Waals surface area contributed by atoms with Gasteiger partial charge in [0.2, 0.25) is 5.91 Å². The third-order valence-electron chi connectivity index (χ3n) is 2.39. The van der Waals surface area contributed by atoms with Crippen molar-refractivity contribution in [2.45, 2.75) is 25.8 Å². The van der Waals surface area contributed by atoms with Gasteiger partial charge in [-0.2, -0.15) is 11.8 Å². The fraction of sp³-hybridized carbons (Fsp3) is 0.909. The Morgan fingerprint density at radius 3 is 2.18 bits per heavy atom. The number of amides is 1. The summed E-state index contributed by atoms with van der Waals surface area (Å²) in [7, 11) is 0. The molecule has 0 saturated carbocycles. The Kier molecular flexibility index (Phi) is 10.6. The van der Waals surface area contributed by atoms with Crippen molar-refractivity contribution in [2.75, 3.05) is 37.7 Å². The van der Waals surface area contributed by atoms with E-state index in [4.69, 9.17) is 17.2 Å². The van der Waals surface area contributed by atoms with E-state index in [0.29, 0.717) is 31.9 Å². The lowest BCUT2D eigenvalue weighted by atomic mass is 10.2. The molecular formula is C11H26N4OS. The van der Waals surface area contributed by atoms with Crippen LogP contribution in [0.15, 0.2) is 0 Å². The van der Waals surface area contributed by atoms with Crippen LogP contribution in [0, 0.1) is 0 Å². The monoisotopic (exact) mass is 262 g/mol. The van der Waals surface area contributed by atoms with Gasteiger partial charge in [0.1, 0.15) is 0 Å². The lowest BCUT2D eigenvalue weighted by molar-refractivity contribution is -0.132. The quantitative estimate of drug-likeness (QED) is 0.497. The van der Waals surface area contributed by atoms with Crippen LogP contribution in [0.3, 0.4) is 0 Å². The molecule has 6 N–H and O–H groups in total. The smallest absolute Gasteiger partial charge is 0.240 e. The number of hydrogen-bond donors (Lipinski definition) is 3. The van der Waals surface area contributed by atoms with E-state index >= 15 is 0 Å². The van der Waals surface area contributed by atoms with Crippen LogP contribution in [0.5, 0.6) is 0 Å². The maximum Gasteiger partial charge on any atom is 0.240 e. The molecule has 0 aromatic carbocycles. The molecule has 0 spiro atoms. The molecule has 0 unspecified atom stereocenters. The maximum atomic E-state index is 12.1. The van der Waals surface area contributed by atoms with E-state index in [2.05, 4.69) is 6.92 Å². The molecule has 0 rings (SSSR count). The highest BCUT2D eigenvalue weighted by atomic mass is 32.2. The zero-order chi connectivity index (χ0) is 13.1. The topological polar surface area (TPSA) is 98.4 Å². The average molecular weight is 262 g/mol. The van der Waals surface area contributed by atoms with Gasteiger partial charge < -0.3 is 22.1 Å². The van der Waals surface area contributed by atoms with Crippen molar-refractivity contribution in [1.29, 1.82) is 0 Å². The van der Waals surface area contributed by atoms with E-state index in [1.807, 2.05) is 0 Å². The molecule has 0 heterocycles. The summed E-state index contributed by atoms with van der Waals surface area (Å²) in [5.41, 5.74) is 16.8. The molecule has 17 heavy (non-hydrogen) atoms. The number of carbonyl (C=O) groups is 1. The molecule has 0 bridgehead atoms. The van der Waals surface area contributed by atoms with Crippen LogP contribution in [-0.4, -0.2) is 54.5 Å². The summed E-state index contributed by atoms with van der Waals surface area (Å²) >= 11 is 1.69. The van der Waals surface area contributed by atoms with Crippen LogP contribution < -0.4 is 17.2 Å². The van der Waals surface area contributed by atoms with Gasteiger partial charge in [-0.25, -0.2) is 0 Å². The number of nitrogens with zero attached hydrogens (tertiary/aromatic N) is 1. The third kappa shape index (κ3) is 7.59. The summed E-state index contributed by atoms with van der Waals surface area (Å²) in [5.74, 6) is 1.68. The minimum absolute atomic E-state index is 0.0212. The molecule has 0 fully saturated rings. The Balaban J connectivity index is 4.18. The second-order valence-corrected chi connectivity index (χ2v) is 5.19. The van der Waals surface area contributed by atoms with Crippen LogP contribution in [0.1, 0.15) is 19.8 Å². The molecule has 102 valence electrons. The Labute approximate surface area is 108 Å². The zero-order valence-corrected chi connectivity index (χ0v) is 11.5. The number of carbonyl (C=O) groups excluding carboxylic acids is 1. The highest BCUT2D eigenvalue weighted by Crippen LogP contribution is 2.04. The van der Waals surface area contributed by atoms with Gasteiger partial charge >= 0.3 is 0 Å². The highest BCUT2D eigenvalue weighted by Gasteiger charge is 2.19. The highest BCUT2D eigenvalue weighted by molar-refractivity contribution is 7.99. The first-order valence-corrected chi connectivity index (χ1v) is 7.35. The molecule has 0 aromatic heterocycles. The number of hydrogen-bond acceptors (Lipinski definition) is 5. The third-order valence-corrected chi connectivity index (χ3v) is 3.40. The largest absolute Gasteiger partial charge is 0.341 e. The van der Waals surface area contributed by atoms with Crippen molar-refractivity contribution in [1.82, 2.24) is 4.90 Å². The van der Waals surface area contributed by atoms with Crippen LogP contribution in [0.2, 0.25) is 0 Å². The number of thioether (sulfide) groups is 1. The summed E-state index contributed by atoms with van der Waals surface area (Å²) < 4.78 is 0. The Morgan fingerprint density at radius 1 is 1.24 bits per heavy atom. The first-order chi connectivity index (χ1) is 8.17. The van der Waals surface area contributed by atoms with Gasteiger partial charge in [-0.1, -0.05) is 6.92 Å². The van der Waals surface area contributed by atoms with E-state index in [1.165, 1.54) is 0 Å². The maximum absolute atomic E-state index is 12.1. The molecule has 0 aliphatic carbocycles. The fourth-order valence-electron chi connectivity index (χ4n) is 1.45. The number of rotatable bonds is 10. The second-order valence-electron chi connectivity index (χ2n) is 3.88. The van der Waals surface area contributed by atoms with Crippen LogP contribution in [0.4, 0.5) is 0 Å². The van der Waals surface area contributed by atoms with Gasteiger partial charge in [-0.15, -0.1) is 0 Å². The first kappa shape index (κ1) is 16.7. The van der Waals surface area contributed by atoms with Gasteiger partial charge in [-0.3, -0.25) is 4.79 Å². The molecule has 0 aromatic rings. The molecule has 0 saturated heterocycles. The summed E-state index contributed by atoms with van der Waals surface area (Å²) in [5, 5.41) is 0. The molecule has 5 nitrogen and oxygen atoms in total. The molecule has 1 atom stereocenters. The first-order valence-electron chi connectivity index (χ1n) is 6.19. The Morgan fingerprint density at radius 2 is 1.76 bits per heavy atom. The lowest BCUT2D eigenvalue weighted by Gasteiger charge is -2.25. The molecule has 0 aliphatic heterocycles. The van der Waals surface area contributed by atoms with Crippen LogP contribution in [0.25, 0.3) is 0 Å². The van der Waals surface area contributed by atoms with Crippen molar-refractivity contribution in [3.8, 4) is 0 Å². The summed E-state index contributed by atoms with van der Waals surface area (Å²) in [6, 6.07) is -0.407. The Bertz CT molecular complexity index is 196. The number of nitrogens with two attached hydrogens (primary N) is 3. The zero-order valence-electron chi connectivity index (χ0n) is 10.7. The molecule has 6 heteroatoms. The molecule has 0 radical (unpaired) electrons. The van der Waals surface area contributed by atoms with E-state index in [9.17, 15) is 4.79 Å². The minimum atomic E-state index is -0.407. The minimum Gasteiger partial charge on any atom is -0.341 e. The van der Waals surface area contributed by atoms with E-state index in [0.717, 1.165) is 18.6 Å². The van der Waals surface area contributed by atoms with Gasteiger partial charge in [0.15, 0.2) is 0 Å². The van der Waals surface area contributed by atoms with Gasteiger partial charge in [0.25, 0.3) is 0 Å². The normalized spacial score (nSPS) is 12.5. The average Bonchev–Trinajstić information content (AvgIpc) is 2.35. The standard InChI is InChI=1S/C11H26N4OS/c1-2-17-9-10(14)11(16)15(7-3-5-12)8-4-6-13/h10H,2-9,12-14H2,1H3/t10-/m1/s1. The summed E-state index contributed by atoms with van der Waals surface area (Å²) in [6.45, 7) is 4.60. The SMILES string of the molecule is CCSC[C@@H](N)C(=O)N(CCCN)CCCN. The van der Waals surface area contributed by atoms with Crippen LogP contribution in [-0.2, 0) is 4.79 Å². The van der Waals surface area contributed by atoms with Gasteiger partial charge in [0, 0.05) is 18.8 Å². The summed E-state index contributed by atoms with van der Waals surface area (Å²) in [6.07, 6.45) is 1.62. The predicted octanol–water partition coefficient (Wildman–Crippen LogP) is -0.407.